The third kappa shape index (κ3) is 2.17. The van der Waals surface area contributed by atoms with Gasteiger partial charge in [0.25, 0.3) is 0 Å². The van der Waals surface area contributed by atoms with Gasteiger partial charge in [-0.15, -0.1) is 0 Å². The predicted molar refractivity (Wildman–Crippen MR) is 67.5 cm³/mol. The van der Waals surface area contributed by atoms with Gasteiger partial charge in [-0.05, 0) is 31.5 Å². The molecule has 2 aromatic rings. The molecule has 0 aliphatic carbocycles. The second kappa shape index (κ2) is 4.99. The van der Waals surface area contributed by atoms with Gasteiger partial charge in [0.15, 0.2) is 0 Å². The fourth-order valence-corrected chi connectivity index (χ4v) is 1.77. The lowest BCUT2D eigenvalue weighted by Gasteiger charge is -2.05. The molecule has 0 saturated carbocycles. The summed E-state index contributed by atoms with van der Waals surface area (Å²) < 4.78 is 2.08. The Bertz CT molecular complexity index is 461. The molecule has 1 heterocycles. The van der Waals surface area contributed by atoms with E-state index < -0.39 is 0 Å². The minimum Gasteiger partial charge on any atom is -0.356 e. The minimum absolute atomic E-state index is 0.754. The zero-order valence-electron chi connectivity index (χ0n) is 9.61. The van der Waals surface area contributed by atoms with E-state index in [1.165, 1.54) is 0 Å². The summed E-state index contributed by atoms with van der Waals surface area (Å²) in [5.41, 5.74) is 7.64. The Morgan fingerprint density at radius 1 is 1.31 bits per heavy atom. The summed E-state index contributed by atoms with van der Waals surface area (Å²) in [7, 11) is 2.03. The molecule has 0 unspecified atom stereocenters. The van der Waals surface area contributed by atoms with Gasteiger partial charge >= 0.3 is 0 Å². The number of nitrogens with zero attached hydrogens (tertiary/aromatic N) is 2. The monoisotopic (exact) mass is 218 g/mol. The highest BCUT2D eigenvalue weighted by molar-refractivity contribution is 5.78. The lowest BCUT2D eigenvalue weighted by Crippen LogP contribution is -2.08. The third-order valence-corrected chi connectivity index (χ3v) is 2.70. The molecule has 4 nitrogen and oxygen atoms in total. The number of nitrogens with two attached hydrogens (primary N) is 1. The number of aryl methyl sites for hydroxylation is 1. The molecular weight excluding hydrogens is 200 g/mol. The van der Waals surface area contributed by atoms with Crippen LogP contribution in [0.3, 0.4) is 0 Å². The molecule has 0 amide bonds. The summed E-state index contributed by atoms with van der Waals surface area (Å²) >= 11 is 0. The number of nitrogens with one attached hydrogen (secondary N) is 1. The molecule has 3 N–H and O–H groups in total. The zero-order valence-corrected chi connectivity index (χ0v) is 9.61. The van der Waals surface area contributed by atoms with Crippen molar-refractivity contribution in [2.45, 2.75) is 12.8 Å². The Kier molecular flexibility index (Phi) is 3.41. The minimum atomic E-state index is 0.754. The van der Waals surface area contributed by atoms with Gasteiger partial charge in [-0.2, -0.15) is 0 Å². The average Bonchev–Trinajstić information content (AvgIpc) is 2.63. The second-order valence-electron chi connectivity index (χ2n) is 3.91. The highest BCUT2D eigenvalue weighted by Crippen LogP contribution is 2.17. The quantitative estimate of drug-likeness (QED) is 0.751. The first-order chi connectivity index (χ1) is 7.83. The van der Waals surface area contributed by atoms with Crippen molar-refractivity contribution in [3.05, 3.63) is 24.3 Å². The molecule has 0 spiro atoms. The summed E-state index contributed by atoms with van der Waals surface area (Å²) in [6.45, 7) is 1.68. The van der Waals surface area contributed by atoms with Crippen LogP contribution in [-0.4, -0.2) is 22.6 Å². The van der Waals surface area contributed by atoms with Gasteiger partial charge < -0.3 is 15.6 Å². The van der Waals surface area contributed by atoms with Crippen LogP contribution in [0.5, 0.6) is 0 Å². The molecular formula is C12H18N4. The summed E-state index contributed by atoms with van der Waals surface area (Å²) in [6.07, 6.45) is 2.14. The number of benzene rings is 1. The van der Waals surface area contributed by atoms with Crippen LogP contribution in [0.1, 0.15) is 12.8 Å². The Labute approximate surface area is 95.5 Å². The fourth-order valence-electron chi connectivity index (χ4n) is 1.77. The molecule has 0 radical (unpaired) electrons. The van der Waals surface area contributed by atoms with Gasteiger partial charge in [0.05, 0.1) is 11.0 Å². The van der Waals surface area contributed by atoms with Crippen LogP contribution < -0.4 is 11.1 Å². The highest BCUT2D eigenvalue weighted by atomic mass is 15.2. The normalized spacial score (nSPS) is 10.9. The number of hydrogen-bond acceptors (Lipinski definition) is 3. The van der Waals surface area contributed by atoms with Crippen LogP contribution in [0, 0.1) is 0 Å². The lowest BCUT2D eigenvalue weighted by molar-refractivity contribution is 0.765. The van der Waals surface area contributed by atoms with Crippen molar-refractivity contribution in [2.24, 2.45) is 12.8 Å². The van der Waals surface area contributed by atoms with Crippen LogP contribution in [0.15, 0.2) is 24.3 Å². The van der Waals surface area contributed by atoms with Crippen molar-refractivity contribution in [2.75, 3.05) is 18.4 Å². The Morgan fingerprint density at radius 2 is 2.12 bits per heavy atom. The van der Waals surface area contributed by atoms with Crippen molar-refractivity contribution in [1.82, 2.24) is 9.55 Å². The van der Waals surface area contributed by atoms with Crippen molar-refractivity contribution < 1.29 is 0 Å². The number of unbranched alkanes of at least 4 members (excludes halogenated alkanes) is 1. The Morgan fingerprint density at radius 3 is 2.88 bits per heavy atom. The molecule has 0 aliphatic heterocycles. The number of anilines is 1. The molecule has 16 heavy (non-hydrogen) atoms. The van der Waals surface area contributed by atoms with Crippen molar-refractivity contribution >= 4 is 17.0 Å². The van der Waals surface area contributed by atoms with Gasteiger partial charge in [-0.25, -0.2) is 4.98 Å². The largest absolute Gasteiger partial charge is 0.356 e. The zero-order chi connectivity index (χ0) is 11.4. The maximum Gasteiger partial charge on any atom is 0.203 e. The summed E-state index contributed by atoms with van der Waals surface area (Å²) in [4.78, 5) is 4.53. The Balaban J connectivity index is 2.09. The van der Waals surface area contributed by atoms with Gasteiger partial charge in [-0.1, -0.05) is 12.1 Å². The van der Waals surface area contributed by atoms with E-state index in [1.807, 2.05) is 25.2 Å². The average molecular weight is 218 g/mol. The van der Waals surface area contributed by atoms with Crippen LogP contribution in [0.4, 0.5) is 5.95 Å². The van der Waals surface area contributed by atoms with Gasteiger partial charge in [0, 0.05) is 13.6 Å². The van der Waals surface area contributed by atoms with Crippen molar-refractivity contribution in [3.8, 4) is 0 Å². The van der Waals surface area contributed by atoms with E-state index in [-0.39, 0.29) is 0 Å². The first-order valence-electron chi connectivity index (χ1n) is 5.68. The van der Waals surface area contributed by atoms with E-state index in [2.05, 4.69) is 20.9 Å². The fraction of sp³-hybridized carbons (Fsp3) is 0.417. The number of aromatic nitrogens is 2. The van der Waals surface area contributed by atoms with Crippen LogP contribution in [-0.2, 0) is 7.05 Å². The maximum atomic E-state index is 5.45. The molecule has 0 fully saturated rings. The second-order valence-corrected chi connectivity index (χ2v) is 3.91. The number of hydrogen-bond donors (Lipinski definition) is 2. The molecule has 0 atom stereocenters. The van der Waals surface area contributed by atoms with Gasteiger partial charge in [0.1, 0.15) is 0 Å². The van der Waals surface area contributed by atoms with Crippen LogP contribution in [0.25, 0.3) is 11.0 Å². The molecule has 0 saturated heterocycles. The van der Waals surface area contributed by atoms with Gasteiger partial charge in [0.2, 0.25) is 5.95 Å². The third-order valence-electron chi connectivity index (χ3n) is 2.70. The SMILES string of the molecule is Cn1c(NCCCCN)nc2ccccc21. The smallest absolute Gasteiger partial charge is 0.203 e. The number of para-hydroxylation sites is 2. The van der Waals surface area contributed by atoms with E-state index in [0.29, 0.717) is 0 Å². The molecule has 0 bridgehead atoms. The topological polar surface area (TPSA) is 55.9 Å². The van der Waals surface area contributed by atoms with E-state index in [9.17, 15) is 0 Å². The maximum absolute atomic E-state index is 5.45. The summed E-state index contributed by atoms with van der Waals surface area (Å²) in [5.74, 6) is 0.929. The molecule has 86 valence electrons. The lowest BCUT2D eigenvalue weighted by atomic mass is 10.3. The standard InChI is InChI=1S/C12H18N4/c1-16-11-7-3-2-6-10(11)15-12(16)14-9-5-4-8-13/h2-3,6-7H,4-5,8-9,13H2,1H3,(H,14,15). The number of fused-ring (bicyclic) bond motifs is 1. The highest BCUT2D eigenvalue weighted by Gasteiger charge is 2.05. The summed E-state index contributed by atoms with van der Waals surface area (Å²) in [6, 6.07) is 8.14. The summed E-state index contributed by atoms with van der Waals surface area (Å²) in [5, 5.41) is 3.33. The van der Waals surface area contributed by atoms with Crippen LogP contribution >= 0.6 is 0 Å². The van der Waals surface area contributed by atoms with Crippen molar-refractivity contribution in [1.29, 1.82) is 0 Å². The molecule has 2 rings (SSSR count). The molecule has 0 aliphatic rings. The molecule has 1 aromatic heterocycles. The molecule has 1 aromatic carbocycles. The first-order valence-corrected chi connectivity index (χ1v) is 5.68. The van der Waals surface area contributed by atoms with E-state index in [4.69, 9.17) is 5.73 Å². The van der Waals surface area contributed by atoms with Crippen molar-refractivity contribution in [3.63, 3.8) is 0 Å². The van der Waals surface area contributed by atoms with E-state index in [1.54, 1.807) is 0 Å². The van der Waals surface area contributed by atoms with Crippen LogP contribution in [0.2, 0.25) is 0 Å². The number of imidazole rings is 1. The van der Waals surface area contributed by atoms with Gasteiger partial charge in [-0.3, -0.25) is 0 Å². The van der Waals surface area contributed by atoms with E-state index >= 15 is 0 Å². The first kappa shape index (κ1) is 11.0. The molecule has 4 heteroatoms. The number of rotatable bonds is 5. The van der Waals surface area contributed by atoms with E-state index in [0.717, 1.165) is 42.9 Å². The predicted octanol–water partition coefficient (Wildman–Crippen LogP) is 1.72. The Hall–Kier alpha value is -1.55.